The van der Waals surface area contributed by atoms with Crippen molar-refractivity contribution in [2.45, 2.75) is 13.5 Å². The van der Waals surface area contributed by atoms with E-state index in [4.69, 9.17) is 5.11 Å². The maximum Gasteiger partial charge on any atom is 0.336 e. The van der Waals surface area contributed by atoms with Crippen LogP contribution >= 0.6 is 15.9 Å². The number of aromatic carboxylic acids is 1. The van der Waals surface area contributed by atoms with Gasteiger partial charge in [0.25, 0.3) is 5.56 Å². The van der Waals surface area contributed by atoms with Crippen molar-refractivity contribution in [1.29, 1.82) is 0 Å². The summed E-state index contributed by atoms with van der Waals surface area (Å²) in [4.78, 5) is 22.9. The molecule has 2 aromatic rings. The monoisotopic (exact) mass is 295 g/mol. The zero-order chi connectivity index (χ0) is 12.6. The van der Waals surface area contributed by atoms with Crippen LogP contribution in [0.3, 0.4) is 0 Å². The number of fused-ring (bicyclic) bond motifs is 1. The largest absolute Gasteiger partial charge is 0.478 e. The van der Waals surface area contributed by atoms with Gasteiger partial charge < -0.3 is 9.67 Å². The van der Waals surface area contributed by atoms with Crippen molar-refractivity contribution in [2.24, 2.45) is 0 Å². The molecule has 0 radical (unpaired) electrons. The lowest BCUT2D eigenvalue weighted by Gasteiger charge is -2.10. The third-order valence-electron chi connectivity index (χ3n) is 2.62. The summed E-state index contributed by atoms with van der Waals surface area (Å²) in [7, 11) is 0. The second-order valence-electron chi connectivity index (χ2n) is 3.61. The van der Waals surface area contributed by atoms with E-state index in [0.717, 1.165) is 4.47 Å². The van der Waals surface area contributed by atoms with E-state index in [1.165, 1.54) is 6.07 Å². The molecule has 5 heteroatoms. The second-order valence-corrected chi connectivity index (χ2v) is 4.52. The number of hydrogen-bond donors (Lipinski definition) is 1. The fourth-order valence-corrected chi connectivity index (χ4v) is 2.22. The zero-order valence-electron chi connectivity index (χ0n) is 9.11. The lowest BCUT2D eigenvalue weighted by molar-refractivity contribution is 0.0698. The third kappa shape index (κ3) is 1.98. The van der Waals surface area contributed by atoms with Crippen molar-refractivity contribution in [1.82, 2.24) is 4.57 Å². The van der Waals surface area contributed by atoms with Crippen LogP contribution in [0.15, 0.2) is 33.5 Å². The van der Waals surface area contributed by atoms with E-state index < -0.39 is 5.97 Å². The number of nitrogens with zero attached hydrogens (tertiary/aromatic N) is 1. The number of aromatic nitrogens is 1. The molecule has 0 amide bonds. The van der Waals surface area contributed by atoms with Crippen LogP contribution in [0.5, 0.6) is 0 Å². The first-order valence-corrected chi connectivity index (χ1v) is 5.90. The summed E-state index contributed by atoms with van der Waals surface area (Å²) in [5.74, 6) is -1.09. The van der Waals surface area contributed by atoms with Crippen molar-refractivity contribution in [3.05, 3.63) is 44.7 Å². The van der Waals surface area contributed by atoms with E-state index in [1.807, 2.05) is 6.92 Å². The van der Waals surface area contributed by atoms with Gasteiger partial charge in [-0.1, -0.05) is 15.9 Å². The van der Waals surface area contributed by atoms with Crippen LogP contribution in [0.25, 0.3) is 10.9 Å². The molecule has 17 heavy (non-hydrogen) atoms. The second kappa shape index (κ2) is 4.33. The summed E-state index contributed by atoms with van der Waals surface area (Å²) < 4.78 is 2.34. The molecule has 2 rings (SSSR count). The van der Waals surface area contributed by atoms with Crippen molar-refractivity contribution in [2.75, 3.05) is 0 Å². The first-order chi connectivity index (χ1) is 8.04. The summed E-state index contributed by atoms with van der Waals surface area (Å²) in [6.07, 6.45) is 0. The van der Waals surface area contributed by atoms with Gasteiger partial charge in [0, 0.05) is 22.5 Å². The molecule has 0 saturated carbocycles. The third-order valence-corrected chi connectivity index (χ3v) is 3.11. The number of halogens is 1. The molecule has 0 atom stereocenters. The summed E-state index contributed by atoms with van der Waals surface area (Å²) in [6.45, 7) is 2.36. The Morgan fingerprint density at radius 3 is 2.71 bits per heavy atom. The minimum atomic E-state index is -1.09. The van der Waals surface area contributed by atoms with Crippen LogP contribution in [-0.2, 0) is 6.54 Å². The predicted molar refractivity (Wildman–Crippen MR) is 68.5 cm³/mol. The van der Waals surface area contributed by atoms with Crippen molar-refractivity contribution in [3.8, 4) is 0 Å². The van der Waals surface area contributed by atoms with Crippen molar-refractivity contribution < 1.29 is 9.90 Å². The van der Waals surface area contributed by atoms with Gasteiger partial charge in [-0.3, -0.25) is 4.79 Å². The molecule has 1 aromatic heterocycles. The van der Waals surface area contributed by atoms with Gasteiger partial charge >= 0.3 is 5.97 Å². The first-order valence-electron chi connectivity index (χ1n) is 5.11. The van der Waals surface area contributed by atoms with Crippen LogP contribution in [0.2, 0.25) is 0 Å². The van der Waals surface area contributed by atoms with E-state index in [-0.39, 0.29) is 11.1 Å². The van der Waals surface area contributed by atoms with Crippen LogP contribution in [0.4, 0.5) is 0 Å². The Labute approximate surface area is 106 Å². The molecule has 0 bridgehead atoms. The summed E-state index contributed by atoms with van der Waals surface area (Å²) in [6, 6.07) is 6.42. The van der Waals surface area contributed by atoms with E-state index in [1.54, 1.807) is 22.8 Å². The molecule has 1 N–H and O–H groups in total. The Balaban J connectivity index is 2.99. The molecule has 0 saturated heterocycles. The average molecular weight is 296 g/mol. The molecule has 1 heterocycles. The fourth-order valence-electron chi connectivity index (χ4n) is 1.86. The van der Waals surface area contributed by atoms with E-state index in [9.17, 15) is 9.59 Å². The minimum absolute atomic E-state index is 0.0380. The molecule has 1 aromatic carbocycles. The topological polar surface area (TPSA) is 59.3 Å². The summed E-state index contributed by atoms with van der Waals surface area (Å²) in [5, 5.41) is 9.66. The molecule has 0 unspecified atom stereocenters. The highest BCUT2D eigenvalue weighted by molar-refractivity contribution is 9.10. The molecular formula is C12H10BrNO3. The zero-order valence-corrected chi connectivity index (χ0v) is 10.7. The van der Waals surface area contributed by atoms with Crippen LogP contribution < -0.4 is 5.56 Å². The van der Waals surface area contributed by atoms with Crippen LogP contribution in [0.1, 0.15) is 17.3 Å². The van der Waals surface area contributed by atoms with Gasteiger partial charge in [0.05, 0.1) is 11.1 Å². The number of hydrogen-bond acceptors (Lipinski definition) is 2. The summed E-state index contributed by atoms with van der Waals surface area (Å²) in [5.41, 5.74) is 0.385. The number of carboxylic acids is 1. The van der Waals surface area contributed by atoms with Crippen LogP contribution in [0, 0.1) is 0 Å². The van der Waals surface area contributed by atoms with Gasteiger partial charge in [0.1, 0.15) is 0 Å². The minimum Gasteiger partial charge on any atom is -0.478 e. The van der Waals surface area contributed by atoms with Crippen LogP contribution in [-0.4, -0.2) is 15.6 Å². The standard InChI is InChI=1S/C12H10BrNO3/c1-2-14-10-4-3-7(13)5-8(10)9(12(16)17)6-11(14)15/h3-6H,2H2,1H3,(H,16,17). The number of pyridine rings is 1. The van der Waals surface area contributed by atoms with E-state index in [2.05, 4.69) is 15.9 Å². The van der Waals surface area contributed by atoms with E-state index >= 15 is 0 Å². The Morgan fingerprint density at radius 2 is 2.12 bits per heavy atom. The lowest BCUT2D eigenvalue weighted by Crippen LogP contribution is -2.21. The van der Waals surface area contributed by atoms with E-state index in [0.29, 0.717) is 17.4 Å². The quantitative estimate of drug-likeness (QED) is 0.926. The number of benzene rings is 1. The SMILES string of the molecule is CCn1c(=O)cc(C(=O)O)c2cc(Br)ccc21. The predicted octanol–water partition coefficient (Wildman–Crippen LogP) is 2.48. The highest BCUT2D eigenvalue weighted by atomic mass is 79.9. The Bertz CT molecular complexity index is 661. The highest BCUT2D eigenvalue weighted by Crippen LogP contribution is 2.22. The van der Waals surface area contributed by atoms with Crippen molar-refractivity contribution >= 4 is 32.8 Å². The molecule has 0 fully saturated rings. The van der Waals surface area contributed by atoms with Gasteiger partial charge in [-0.25, -0.2) is 4.79 Å². The Hall–Kier alpha value is -1.62. The normalized spacial score (nSPS) is 10.7. The van der Waals surface area contributed by atoms with Gasteiger partial charge in [-0.2, -0.15) is 0 Å². The molecule has 0 spiro atoms. The van der Waals surface area contributed by atoms with Crippen molar-refractivity contribution in [3.63, 3.8) is 0 Å². The maximum absolute atomic E-state index is 11.8. The van der Waals surface area contributed by atoms with Gasteiger partial charge in [0.15, 0.2) is 0 Å². The van der Waals surface area contributed by atoms with Gasteiger partial charge in [-0.05, 0) is 25.1 Å². The van der Waals surface area contributed by atoms with Gasteiger partial charge in [-0.15, -0.1) is 0 Å². The summed E-state index contributed by atoms with van der Waals surface area (Å²) >= 11 is 3.30. The highest BCUT2D eigenvalue weighted by Gasteiger charge is 2.13. The first kappa shape index (κ1) is 11.9. The smallest absolute Gasteiger partial charge is 0.336 e. The molecule has 0 aliphatic carbocycles. The molecule has 88 valence electrons. The fraction of sp³-hybridized carbons (Fsp3) is 0.167. The number of carbonyl (C=O) groups is 1. The number of rotatable bonds is 2. The van der Waals surface area contributed by atoms with Gasteiger partial charge in [0.2, 0.25) is 0 Å². The maximum atomic E-state index is 11.8. The molecule has 0 aliphatic heterocycles. The Kier molecular flexibility index (Phi) is 3.02. The molecule has 4 nitrogen and oxygen atoms in total. The molecule has 0 aliphatic rings. The average Bonchev–Trinajstić information content (AvgIpc) is 2.28. The number of aryl methyl sites for hydroxylation is 1. The molecular weight excluding hydrogens is 286 g/mol. The Morgan fingerprint density at radius 1 is 1.41 bits per heavy atom. The lowest BCUT2D eigenvalue weighted by atomic mass is 10.1. The number of carboxylic acid groups (broad SMARTS) is 1.